The third-order valence-electron chi connectivity index (χ3n) is 5.20. The first-order chi connectivity index (χ1) is 12.7. The summed E-state index contributed by atoms with van der Waals surface area (Å²) >= 11 is 0. The fourth-order valence-corrected chi connectivity index (χ4v) is 3.77. The molecule has 1 aliphatic heterocycles. The Bertz CT molecular complexity index is 808. The molecule has 0 amide bonds. The predicted octanol–water partition coefficient (Wildman–Crippen LogP) is 2.33. The van der Waals surface area contributed by atoms with E-state index in [1.807, 2.05) is 12.1 Å². The van der Waals surface area contributed by atoms with Crippen molar-refractivity contribution in [2.75, 3.05) is 32.1 Å². The first-order valence-corrected chi connectivity index (χ1v) is 9.36. The second kappa shape index (κ2) is 7.04. The first-order valence-electron chi connectivity index (χ1n) is 9.36. The smallest absolute Gasteiger partial charge is 0.147 e. The molecule has 1 saturated carbocycles. The monoisotopic (exact) mass is 351 g/mol. The van der Waals surface area contributed by atoms with Gasteiger partial charge >= 0.3 is 0 Å². The Kier molecular flexibility index (Phi) is 4.60. The van der Waals surface area contributed by atoms with Crippen LogP contribution in [-0.2, 0) is 6.54 Å². The van der Waals surface area contributed by atoms with Crippen LogP contribution in [0.2, 0.25) is 0 Å². The minimum Gasteiger partial charge on any atom is -0.357 e. The van der Waals surface area contributed by atoms with Crippen LogP contribution in [0, 0.1) is 11.3 Å². The minimum absolute atomic E-state index is 0.453. The van der Waals surface area contributed by atoms with Crippen molar-refractivity contribution in [2.45, 2.75) is 44.2 Å². The standard InChI is InChI=1S/C19H25N7/c1-24(2)13-18-22-23-19(26(18)16-6-7-16)14-8-10-25(11-9-14)17-5-3-4-15(12-20)21-17/h3-5,14,16H,6-11,13H2,1-2H3. The van der Waals surface area contributed by atoms with E-state index in [0.29, 0.717) is 17.7 Å². The molecule has 136 valence electrons. The minimum atomic E-state index is 0.453. The Morgan fingerprint density at radius 2 is 1.92 bits per heavy atom. The highest BCUT2D eigenvalue weighted by atomic mass is 15.3. The van der Waals surface area contributed by atoms with E-state index < -0.39 is 0 Å². The molecular formula is C19H25N7. The molecule has 7 nitrogen and oxygen atoms in total. The van der Waals surface area contributed by atoms with Crippen molar-refractivity contribution < 1.29 is 0 Å². The molecule has 4 rings (SSSR count). The SMILES string of the molecule is CN(C)Cc1nnc(C2CCN(c3cccc(C#N)n3)CC2)n1C1CC1. The molecule has 0 unspecified atom stereocenters. The number of hydrogen-bond acceptors (Lipinski definition) is 6. The van der Waals surface area contributed by atoms with Crippen LogP contribution in [0.5, 0.6) is 0 Å². The van der Waals surface area contributed by atoms with Crippen LogP contribution in [0.3, 0.4) is 0 Å². The Hall–Kier alpha value is -2.46. The van der Waals surface area contributed by atoms with Crippen molar-refractivity contribution in [1.29, 1.82) is 5.26 Å². The molecule has 0 radical (unpaired) electrons. The number of hydrogen-bond donors (Lipinski definition) is 0. The molecule has 0 bridgehead atoms. The van der Waals surface area contributed by atoms with E-state index in [4.69, 9.17) is 5.26 Å². The zero-order chi connectivity index (χ0) is 18.1. The van der Waals surface area contributed by atoms with Crippen LogP contribution >= 0.6 is 0 Å². The summed E-state index contributed by atoms with van der Waals surface area (Å²) in [4.78, 5) is 8.86. The van der Waals surface area contributed by atoms with Crippen LogP contribution in [-0.4, -0.2) is 51.8 Å². The predicted molar refractivity (Wildman–Crippen MR) is 98.8 cm³/mol. The molecule has 3 heterocycles. The van der Waals surface area contributed by atoms with Crippen LogP contribution in [0.25, 0.3) is 0 Å². The average Bonchev–Trinajstić information content (AvgIpc) is 3.42. The molecule has 2 aliphatic rings. The van der Waals surface area contributed by atoms with Crippen molar-refractivity contribution in [1.82, 2.24) is 24.6 Å². The van der Waals surface area contributed by atoms with Gasteiger partial charge in [-0.05, 0) is 51.9 Å². The summed E-state index contributed by atoms with van der Waals surface area (Å²) in [7, 11) is 4.15. The second-order valence-electron chi connectivity index (χ2n) is 7.57. The summed E-state index contributed by atoms with van der Waals surface area (Å²) in [6.07, 6.45) is 4.58. The molecule has 0 aromatic carbocycles. The molecule has 1 saturated heterocycles. The lowest BCUT2D eigenvalue weighted by Gasteiger charge is -2.32. The molecule has 26 heavy (non-hydrogen) atoms. The van der Waals surface area contributed by atoms with E-state index >= 15 is 0 Å². The Morgan fingerprint density at radius 1 is 1.15 bits per heavy atom. The van der Waals surface area contributed by atoms with Gasteiger partial charge in [0.15, 0.2) is 0 Å². The maximum atomic E-state index is 9.05. The maximum Gasteiger partial charge on any atom is 0.147 e. The lowest BCUT2D eigenvalue weighted by atomic mass is 9.95. The van der Waals surface area contributed by atoms with Gasteiger partial charge in [-0.3, -0.25) is 0 Å². The Labute approximate surface area is 154 Å². The van der Waals surface area contributed by atoms with E-state index in [-0.39, 0.29) is 0 Å². The molecule has 2 aromatic rings. The second-order valence-corrected chi connectivity index (χ2v) is 7.57. The molecular weight excluding hydrogens is 326 g/mol. The van der Waals surface area contributed by atoms with Crippen molar-refractivity contribution in [3.8, 4) is 6.07 Å². The fraction of sp³-hybridized carbons (Fsp3) is 0.579. The van der Waals surface area contributed by atoms with Gasteiger partial charge < -0.3 is 14.4 Å². The number of nitriles is 1. The topological polar surface area (TPSA) is 73.9 Å². The van der Waals surface area contributed by atoms with E-state index in [1.165, 1.54) is 18.7 Å². The zero-order valence-corrected chi connectivity index (χ0v) is 15.5. The Balaban J connectivity index is 1.48. The number of anilines is 1. The first kappa shape index (κ1) is 17.0. The lowest BCUT2D eigenvalue weighted by molar-refractivity contribution is 0.376. The van der Waals surface area contributed by atoms with Gasteiger partial charge in [0, 0.05) is 25.0 Å². The summed E-state index contributed by atoms with van der Waals surface area (Å²) in [6.45, 7) is 2.72. The van der Waals surface area contributed by atoms with E-state index in [0.717, 1.165) is 44.1 Å². The molecule has 0 atom stereocenters. The van der Waals surface area contributed by atoms with Gasteiger partial charge in [0.05, 0.1) is 6.54 Å². The molecule has 0 N–H and O–H groups in total. The van der Waals surface area contributed by atoms with E-state index in [1.54, 1.807) is 6.07 Å². The van der Waals surface area contributed by atoms with Crippen molar-refractivity contribution in [3.63, 3.8) is 0 Å². The Morgan fingerprint density at radius 3 is 2.58 bits per heavy atom. The highest BCUT2D eigenvalue weighted by Crippen LogP contribution is 2.40. The molecule has 2 fully saturated rings. The average molecular weight is 351 g/mol. The summed E-state index contributed by atoms with van der Waals surface area (Å²) in [5, 5.41) is 18.1. The largest absolute Gasteiger partial charge is 0.357 e. The summed E-state index contributed by atoms with van der Waals surface area (Å²) in [5.41, 5.74) is 0.478. The highest BCUT2D eigenvalue weighted by molar-refractivity contribution is 5.42. The fourth-order valence-electron chi connectivity index (χ4n) is 3.77. The van der Waals surface area contributed by atoms with Gasteiger partial charge in [-0.15, -0.1) is 10.2 Å². The summed E-state index contributed by atoms with van der Waals surface area (Å²) < 4.78 is 2.41. The molecule has 7 heteroatoms. The normalized spacial score (nSPS) is 18.3. The van der Waals surface area contributed by atoms with Crippen molar-refractivity contribution in [3.05, 3.63) is 35.5 Å². The highest BCUT2D eigenvalue weighted by Gasteiger charge is 2.33. The van der Waals surface area contributed by atoms with Crippen LogP contribution in [0.4, 0.5) is 5.82 Å². The number of pyridine rings is 1. The van der Waals surface area contributed by atoms with Gasteiger partial charge in [0.1, 0.15) is 29.2 Å². The van der Waals surface area contributed by atoms with Crippen LogP contribution in [0.1, 0.15) is 55.0 Å². The van der Waals surface area contributed by atoms with E-state index in [2.05, 4.69) is 49.7 Å². The third-order valence-corrected chi connectivity index (χ3v) is 5.20. The van der Waals surface area contributed by atoms with Gasteiger partial charge in [0.2, 0.25) is 0 Å². The number of rotatable bonds is 5. The van der Waals surface area contributed by atoms with Gasteiger partial charge in [0.25, 0.3) is 0 Å². The maximum absolute atomic E-state index is 9.05. The lowest BCUT2D eigenvalue weighted by Crippen LogP contribution is -2.34. The number of nitrogens with zero attached hydrogens (tertiary/aromatic N) is 7. The summed E-state index contributed by atoms with van der Waals surface area (Å²) in [5.74, 6) is 3.62. The van der Waals surface area contributed by atoms with Crippen LogP contribution in [0.15, 0.2) is 18.2 Å². The van der Waals surface area contributed by atoms with Crippen molar-refractivity contribution >= 4 is 5.82 Å². The third kappa shape index (κ3) is 3.42. The molecule has 1 aliphatic carbocycles. The molecule has 0 spiro atoms. The van der Waals surface area contributed by atoms with E-state index in [9.17, 15) is 0 Å². The zero-order valence-electron chi connectivity index (χ0n) is 15.5. The van der Waals surface area contributed by atoms with Crippen LogP contribution < -0.4 is 4.90 Å². The summed E-state index contributed by atoms with van der Waals surface area (Å²) in [6, 6.07) is 8.37. The number of piperidine rings is 1. The van der Waals surface area contributed by atoms with Gasteiger partial charge in [-0.1, -0.05) is 6.07 Å². The number of aromatic nitrogens is 4. The van der Waals surface area contributed by atoms with Gasteiger partial charge in [-0.25, -0.2) is 4.98 Å². The van der Waals surface area contributed by atoms with Gasteiger partial charge in [-0.2, -0.15) is 5.26 Å². The molecule has 2 aromatic heterocycles. The quantitative estimate of drug-likeness (QED) is 0.823. The van der Waals surface area contributed by atoms with Crippen molar-refractivity contribution in [2.24, 2.45) is 0 Å².